The van der Waals surface area contributed by atoms with E-state index in [-0.39, 0.29) is 0 Å². The maximum absolute atomic E-state index is 4.67. The Labute approximate surface area is 116 Å². The van der Waals surface area contributed by atoms with E-state index >= 15 is 0 Å². The standard InChI is InChI=1S/C15H26N4/c1-12(2)11-16-15-17-13(3)10-14(18-15)19-8-6-4-5-7-9-19/h10,12H,4-9,11H2,1-3H3,(H,16,17,18). The van der Waals surface area contributed by atoms with Gasteiger partial charge in [0.25, 0.3) is 0 Å². The van der Waals surface area contributed by atoms with Crippen LogP contribution in [-0.2, 0) is 0 Å². The van der Waals surface area contributed by atoms with Crippen LogP contribution in [-0.4, -0.2) is 29.6 Å². The minimum absolute atomic E-state index is 0.603. The predicted molar refractivity (Wildman–Crippen MR) is 80.8 cm³/mol. The van der Waals surface area contributed by atoms with Gasteiger partial charge in [0, 0.05) is 31.4 Å². The molecule has 1 fully saturated rings. The summed E-state index contributed by atoms with van der Waals surface area (Å²) in [4.78, 5) is 11.6. The van der Waals surface area contributed by atoms with Gasteiger partial charge in [-0.1, -0.05) is 26.7 Å². The summed E-state index contributed by atoms with van der Waals surface area (Å²) in [5.74, 6) is 2.46. The molecule has 2 rings (SSSR count). The molecule has 1 N–H and O–H groups in total. The number of hydrogen-bond donors (Lipinski definition) is 1. The van der Waals surface area contributed by atoms with Gasteiger partial charge in [-0.05, 0) is 25.7 Å². The van der Waals surface area contributed by atoms with E-state index in [1.807, 2.05) is 6.92 Å². The molecule has 1 saturated heterocycles. The largest absolute Gasteiger partial charge is 0.356 e. The van der Waals surface area contributed by atoms with Crippen LogP contribution in [0.2, 0.25) is 0 Å². The first kappa shape index (κ1) is 14.1. The summed E-state index contributed by atoms with van der Waals surface area (Å²) < 4.78 is 0. The molecule has 4 heteroatoms. The predicted octanol–water partition coefficient (Wildman–Crippen LogP) is 3.23. The molecule has 2 heterocycles. The van der Waals surface area contributed by atoms with E-state index in [1.165, 1.54) is 25.7 Å². The van der Waals surface area contributed by atoms with Crippen LogP contribution < -0.4 is 10.2 Å². The molecule has 1 aromatic heterocycles. The highest BCUT2D eigenvalue weighted by Crippen LogP contribution is 2.19. The van der Waals surface area contributed by atoms with E-state index in [2.05, 4.69) is 40.1 Å². The monoisotopic (exact) mass is 262 g/mol. The first-order chi connectivity index (χ1) is 9.15. The van der Waals surface area contributed by atoms with Crippen LogP contribution in [0, 0.1) is 12.8 Å². The van der Waals surface area contributed by atoms with Crippen molar-refractivity contribution < 1.29 is 0 Å². The Morgan fingerprint density at radius 3 is 2.47 bits per heavy atom. The number of aryl methyl sites for hydroxylation is 1. The molecule has 0 spiro atoms. The van der Waals surface area contributed by atoms with E-state index in [0.717, 1.165) is 37.1 Å². The molecule has 4 nitrogen and oxygen atoms in total. The van der Waals surface area contributed by atoms with Crippen LogP contribution >= 0.6 is 0 Å². The Hall–Kier alpha value is -1.32. The quantitative estimate of drug-likeness (QED) is 0.904. The highest BCUT2D eigenvalue weighted by atomic mass is 15.2. The molecule has 0 saturated carbocycles. The van der Waals surface area contributed by atoms with Crippen molar-refractivity contribution in [3.05, 3.63) is 11.8 Å². The Kier molecular flexibility index (Phi) is 5.00. The number of nitrogens with zero attached hydrogens (tertiary/aromatic N) is 3. The summed E-state index contributed by atoms with van der Waals surface area (Å²) in [5.41, 5.74) is 1.04. The fourth-order valence-corrected chi connectivity index (χ4v) is 2.39. The molecule has 19 heavy (non-hydrogen) atoms. The number of hydrogen-bond acceptors (Lipinski definition) is 4. The van der Waals surface area contributed by atoms with Crippen LogP contribution in [0.4, 0.5) is 11.8 Å². The average molecular weight is 262 g/mol. The lowest BCUT2D eigenvalue weighted by Gasteiger charge is -2.22. The van der Waals surface area contributed by atoms with Gasteiger partial charge < -0.3 is 10.2 Å². The molecule has 0 radical (unpaired) electrons. The zero-order chi connectivity index (χ0) is 13.7. The smallest absolute Gasteiger partial charge is 0.224 e. The minimum atomic E-state index is 0.603. The van der Waals surface area contributed by atoms with Crippen molar-refractivity contribution in [3.8, 4) is 0 Å². The molecular formula is C15H26N4. The summed E-state index contributed by atoms with van der Waals surface area (Å²) in [6.07, 6.45) is 5.24. The van der Waals surface area contributed by atoms with Gasteiger partial charge >= 0.3 is 0 Å². The molecule has 0 bridgehead atoms. The van der Waals surface area contributed by atoms with Crippen LogP contribution in [0.15, 0.2) is 6.07 Å². The molecule has 0 aromatic carbocycles. The Bertz CT molecular complexity index is 395. The first-order valence-electron chi connectivity index (χ1n) is 7.49. The highest BCUT2D eigenvalue weighted by molar-refractivity contribution is 5.44. The van der Waals surface area contributed by atoms with Gasteiger partial charge in [0.05, 0.1) is 0 Å². The van der Waals surface area contributed by atoms with Gasteiger partial charge in [-0.25, -0.2) is 4.98 Å². The molecule has 0 atom stereocenters. The van der Waals surface area contributed by atoms with Gasteiger partial charge in [-0.15, -0.1) is 0 Å². The van der Waals surface area contributed by atoms with Crippen molar-refractivity contribution in [1.29, 1.82) is 0 Å². The summed E-state index contributed by atoms with van der Waals surface area (Å²) in [5, 5.41) is 3.33. The van der Waals surface area contributed by atoms with Gasteiger partial charge in [0.2, 0.25) is 5.95 Å². The van der Waals surface area contributed by atoms with E-state index in [4.69, 9.17) is 0 Å². The summed E-state index contributed by atoms with van der Waals surface area (Å²) in [7, 11) is 0. The Morgan fingerprint density at radius 2 is 1.84 bits per heavy atom. The lowest BCUT2D eigenvalue weighted by atomic mass is 10.2. The van der Waals surface area contributed by atoms with Crippen molar-refractivity contribution in [1.82, 2.24) is 9.97 Å². The third kappa shape index (κ3) is 4.37. The topological polar surface area (TPSA) is 41.1 Å². The lowest BCUT2D eigenvalue weighted by molar-refractivity contribution is 0.683. The van der Waals surface area contributed by atoms with E-state index in [0.29, 0.717) is 5.92 Å². The number of nitrogens with one attached hydrogen (secondary N) is 1. The highest BCUT2D eigenvalue weighted by Gasteiger charge is 2.13. The van der Waals surface area contributed by atoms with Crippen molar-refractivity contribution in [2.45, 2.75) is 46.5 Å². The van der Waals surface area contributed by atoms with Crippen LogP contribution in [0.1, 0.15) is 45.2 Å². The average Bonchev–Trinajstić information content (AvgIpc) is 2.64. The van der Waals surface area contributed by atoms with Crippen LogP contribution in [0.3, 0.4) is 0 Å². The van der Waals surface area contributed by atoms with Gasteiger partial charge in [0.15, 0.2) is 0 Å². The summed E-state index contributed by atoms with van der Waals surface area (Å²) in [6, 6.07) is 2.10. The van der Waals surface area contributed by atoms with Crippen molar-refractivity contribution in [3.63, 3.8) is 0 Å². The van der Waals surface area contributed by atoms with Crippen molar-refractivity contribution in [2.75, 3.05) is 29.9 Å². The second kappa shape index (κ2) is 6.73. The summed E-state index contributed by atoms with van der Waals surface area (Å²) in [6.45, 7) is 9.60. The number of aromatic nitrogens is 2. The SMILES string of the molecule is Cc1cc(N2CCCCCC2)nc(NCC(C)C)n1. The van der Waals surface area contributed by atoms with Gasteiger partial charge in [-0.3, -0.25) is 0 Å². The lowest BCUT2D eigenvalue weighted by Crippen LogP contribution is -2.25. The molecule has 1 aromatic rings. The third-order valence-electron chi connectivity index (χ3n) is 3.44. The second-order valence-corrected chi connectivity index (χ2v) is 5.87. The molecule has 106 valence electrons. The van der Waals surface area contributed by atoms with Crippen LogP contribution in [0.5, 0.6) is 0 Å². The molecule has 0 unspecified atom stereocenters. The van der Waals surface area contributed by atoms with Crippen molar-refractivity contribution in [2.24, 2.45) is 5.92 Å². The van der Waals surface area contributed by atoms with E-state index in [9.17, 15) is 0 Å². The van der Waals surface area contributed by atoms with Crippen molar-refractivity contribution >= 4 is 11.8 Å². The maximum Gasteiger partial charge on any atom is 0.224 e. The van der Waals surface area contributed by atoms with Gasteiger partial charge in [0.1, 0.15) is 5.82 Å². The minimum Gasteiger partial charge on any atom is -0.356 e. The summed E-state index contributed by atoms with van der Waals surface area (Å²) >= 11 is 0. The zero-order valence-electron chi connectivity index (χ0n) is 12.4. The molecule has 0 amide bonds. The fourth-order valence-electron chi connectivity index (χ4n) is 2.39. The Balaban J connectivity index is 2.10. The second-order valence-electron chi connectivity index (χ2n) is 5.87. The zero-order valence-corrected chi connectivity index (χ0v) is 12.4. The number of rotatable bonds is 4. The van der Waals surface area contributed by atoms with Crippen LogP contribution in [0.25, 0.3) is 0 Å². The molecule has 1 aliphatic heterocycles. The van der Waals surface area contributed by atoms with E-state index < -0.39 is 0 Å². The first-order valence-corrected chi connectivity index (χ1v) is 7.49. The Morgan fingerprint density at radius 1 is 1.16 bits per heavy atom. The van der Waals surface area contributed by atoms with Gasteiger partial charge in [-0.2, -0.15) is 4.98 Å². The molecule has 1 aliphatic rings. The van der Waals surface area contributed by atoms with E-state index in [1.54, 1.807) is 0 Å². The molecular weight excluding hydrogens is 236 g/mol. The third-order valence-corrected chi connectivity index (χ3v) is 3.44. The normalized spacial score (nSPS) is 16.5. The molecule has 0 aliphatic carbocycles. The fraction of sp³-hybridized carbons (Fsp3) is 0.733. The number of anilines is 2. The maximum atomic E-state index is 4.67.